The standard InChI is InChI=1S/C60H70BN3/c1-55(2,3)39-24-27-43(28-25-39)62-51-38-45(64-49-23-16-15-22-46(49)59(13)32-17-18-33-60(59,64)14)29-31-48(51)61-47-30-26-41(57(7,8)9)35-50(47)63(44-21-19-20-40(34-44)56(4,5)6)53-37-42(58(10,11)12)36-52(62)54(53)61/h15-16,19-31,34-38H,17-18,32-33H2,1-14H3. The summed E-state index contributed by atoms with van der Waals surface area (Å²) >= 11 is 0. The molecule has 4 heteroatoms. The van der Waals surface area contributed by atoms with Gasteiger partial charge in [0, 0.05) is 50.9 Å². The van der Waals surface area contributed by atoms with Crippen LogP contribution in [0.15, 0.2) is 121 Å². The number of nitrogens with zero attached hydrogens (tertiary/aromatic N) is 3. The van der Waals surface area contributed by atoms with Crippen LogP contribution in [0.5, 0.6) is 0 Å². The van der Waals surface area contributed by atoms with Crippen molar-refractivity contribution in [1.29, 1.82) is 0 Å². The monoisotopic (exact) mass is 844 g/mol. The van der Waals surface area contributed by atoms with Gasteiger partial charge in [-0.2, -0.15) is 0 Å². The molecule has 64 heavy (non-hydrogen) atoms. The molecule has 0 amide bonds. The molecule has 1 saturated carbocycles. The third kappa shape index (κ3) is 6.43. The molecule has 1 aliphatic carbocycles. The lowest BCUT2D eigenvalue weighted by molar-refractivity contribution is 0.195. The van der Waals surface area contributed by atoms with Crippen molar-refractivity contribution < 1.29 is 0 Å². The lowest BCUT2D eigenvalue weighted by Crippen LogP contribution is -2.61. The normalized spacial score (nSPS) is 20.4. The zero-order valence-electron chi connectivity index (χ0n) is 41.3. The first-order valence-corrected chi connectivity index (χ1v) is 24.2. The second kappa shape index (κ2) is 14.1. The van der Waals surface area contributed by atoms with Gasteiger partial charge >= 0.3 is 0 Å². The molecule has 3 aliphatic heterocycles. The average molecular weight is 844 g/mol. The smallest absolute Gasteiger partial charge is 0.252 e. The molecule has 0 bridgehead atoms. The van der Waals surface area contributed by atoms with Crippen LogP contribution in [0.3, 0.4) is 0 Å². The van der Waals surface area contributed by atoms with Crippen LogP contribution in [0.2, 0.25) is 0 Å². The Kier molecular flexibility index (Phi) is 9.44. The van der Waals surface area contributed by atoms with Crippen LogP contribution >= 0.6 is 0 Å². The Labute approximate surface area is 386 Å². The molecular weight excluding hydrogens is 773 g/mol. The van der Waals surface area contributed by atoms with Crippen LogP contribution in [0.1, 0.15) is 150 Å². The van der Waals surface area contributed by atoms with E-state index in [1.807, 2.05) is 0 Å². The van der Waals surface area contributed by atoms with Crippen LogP contribution in [0.25, 0.3) is 0 Å². The molecule has 2 unspecified atom stereocenters. The molecule has 0 radical (unpaired) electrons. The Morgan fingerprint density at radius 2 is 0.938 bits per heavy atom. The van der Waals surface area contributed by atoms with Crippen LogP contribution in [0.4, 0.5) is 45.5 Å². The molecule has 3 nitrogen and oxygen atoms in total. The molecular formula is C60H70BN3. The van der Waals surface area contributed by atoms with E-state index in [-0.39, 0.29) is 39.3 Å². The van der Waals surface area contributed by atoms with Crippen molar-refractivity contribution in [3.05, 3.63) is 149 Å². The van der Waals surface area contributed by atoms with Gasteiger partial charge in [0.1, 0.15) is 0 Å². The predicted molar refractivity (Wildman–Crippen MR) is 278 cm³/mol. The van der Waals surface area contributed by atoms with Crippen LogP contribution < -0.4 is 31.1 Å². The van der Waals surface area contributed by atoms with Crippen LogP contribution in [-0.2, 0) is 27.1 Å². The van der Waals surface area contributed by atoms with E-state index in [0.29, 0.717) is 0 Å². The number of hydrogen-bond donors (Lipinski definition) is 0. The van der Waals surface area contributed by atoms with Gasteiger partial charge in [0.25, 0.3) is 6.71 Å². The van der Waals surface area contributed by atoms with Gasteiger partial charge in [-0.15, -0.1) is 0 Å². The highest BCUT2D eigenvalue weighted by Crippen LogP contribution is 2.61. The zero-order chi connectivity index (χ0) is 45.5. The predicted octanol–water partition coefficient (Wildman–Crippen LogP) is 14.7. The Hall–Kier alpha value is -5.22. The summed E-state index contributed by atoms with van der Waals surface area (Å²) in [4.78, 5) is 8.01. The van der Waals surface area contributed by atoms with Gasteiger partial charge < -0.3 is 14.7 Å². The summed E-state index contributed by atoms with van der Waals surface area (Å²) in [7, 11) is 0. The summed E-state index contributed by atoms with van der Waals surface area (Å²) in [5.74, 6) is 0. The molecule has 0 saturated heterocycles. The van der Waals surface area contributed by atoms with Gasteiger partial charge in [-0.25, -0.2) is 0 Å². The Morgan fingerprint density at radius 3 is 1.58 bits per heavy atom. The van der Waals surface area contributed by atoms with Gasteiger partial charge in [0.15, 0.2) is 0 Å². The van der Waals surface area contributed by atoms with Gasteiger partial charge in [-0.05, 0) is 146 Å². The highest BCUT2D eigenvalue weighted by atomic mass is 15.3. The molecule has 2 atom stereocenters. The highest BCUT2D eigenvalue weighted by Gasteiger charge is 2.58. The minimum atomic E-state index is -0.101. The molecule has 4 aliphatic rings. The summed E-state index contributed by atoms with van der Waals surface area (Å²) in [6.45, 7) is 33.3. The molecule has 10 rings (SSSR count). The molecule has 328 valence electrons. The van der Waals surface area contributed by atoms with Crippen molar-refractivity contribution in [2.24, 2.45) is 0 Å². The van der Waals surface area contributed by atoms with Gasteiger partial charge in [0.05, 0.1) is 5.54 Å². The molecule has 6 aromatic rings. The van der Waals surface area contributed by atoms with E-state index in [9.17, 15) is 0 Å². The summed E-state index contributed by atoms with van der Waals surface area (Å²) in [6, 6.07) is 48.2. The van der Waals surface area contributed by atoms with Gasteiger partial charge in [-0.3, -0.25) is 0 Å². The minimum absolute atomic E-state index is 0.00571. The third-order valence-electron chi connectivity index (χ3n) is 16.0. The number of rotatable bonds is 3. The van der Waals surface area contributed by atoms with E-state index < -0.39 is 0 Å². The molecule has 1 fully saturated rings. The van der Waals surface area contributed by atoms with Gasteiger partial charge in [0.2, 0.25) is 0 Å². The first-order chi connectivity index (χ1) is 30.0. The topological polar surface area (TPSA) is 9.72 Å². The van der Waals surface area contributed by atoms with E-state index >= 15 is 0 Å². The van der Waals surface area contributed by atoms with E-state index in [0.717, 1.165) is 0 Å². The lowest BCUT2D eigenvalue weighted by Gasteiger charge is -2.50. The van der Waals surface area contributed by atoms with Crippen molar-refractivity contribution in [2.75, 3.05) is 14.7 Å². The van der Waals surface area contributed by atoms with Crippen LogP contribution in [-0.4, -0.2) is 12.3 Å². The Morgan fingerprint density at radius 1 is 0.422 bits per heavy atom. The number of fused-ring (bicyclic) bond motifs is 7. The van der Waals surface area contributed by atoms with Gasteiger partial charge in [-0.1, -0.05) is 164 Å². The fourth-order valence-electron chi connectivity index (χ4n) is 11.9. The lowest BCUT2D eigenvalue weighted by atomic mass is 9.33. The maximum atomic E-state index is 2.75. The molecule has 0 aromatic heterocycles. The fourth-order valence-corrected chi connectivity index (χ4v) is 11.9. The Balaban J connectivity index is 1.30. The first-order valence-electron chi connectivity index (χ1n) is 24.2. The van der Waals surface area contributed by atoms with E-state index in [1.54, 1.807) is 0 Å². The summed E-state index contributed by atoms with van der Waals surface area (Å²) < 4.78 is 0. The molecule has 6 aromatic carbocycles. The Bertz CT molecular complexity index is 2820. The fraction of sp³-hybridized carbons (Fsp3) is 0.400. The first kappa shape index (κ1) is 42.7. The number of benzene rings is 6. The SMILES string of the molecule is CC(C)(C)c1ccc(N2c3cc(N4c5ccccc5C5(C)CCCCC45C)ccc3B3c4ccc(C(C)(C)C)cc4N(c4cccc(C(C)(C)C)c4)c4cc(C(C)(C)C)cc2c43)cc1. The molecule has 0 spiro atoms. The van der Waals surface area contributed by atoms with Crippen molar-refractivity contribution >= 4 is 68.6 Å². The van der Waals surface area contributed by atoms with E-state index in [2.05, 4.69) is 233 Å². The number of anilines is 8. The van der Waals surface area contributed by atoms with Crippen LogP contribution in [0, 0.1) is 0 Å². The van der Waals surface area contributed by atoms with Crippen molar-refractivity contribution in [3.63, 3.8) is 0 Å². The second-order valence-electron chi connectivity index (χ2n) is 24.3. The van der Waals surface area contributed by atoms with Crippen molar-refractivity contribution in [3.8, 4) is 0 Å². The van der Waals surface area contributed by atoms with E-state index in [4.69, 9.17) is 0 Å². The average Bonchev–Trinajstić information content (AvgIpc) is 3.44. The highest BCUT2D eigenvalue weighted by molar-refractivity contribution is 7.00. The summed E-state index contributed by atoms with van der Waals surface area (Å²) in [5.41, 5.74) is 21.1. The third-order valence-corrected chi connectivity index (χ3v) is 16.0. The quantitative estimate of drug-likeness (QED) is 0.164. The number of hydrogen-bond acceptors (Lipinski definition) is 3. The zero-order valence-corrected chi connectivity index (χ0v) is 41.3. The maximum absolute atomic E-state index is 2.75. The maximum Gasteiger partial charge on any atom is 0.252 e. The largest absolute Gasteiger partial charge is 0.334 e. The second-order valence-corrected chi connectivity index (χ2v) is 24.3. The molecule has 0 N–H and O–H groups in total. The van der Waals surface area contributed by atoms with Crippen molar-refractivity contribution in [1.82, 2.24) is 0 Å². The number of para-hydroxylation sites is 1. The summed E-state index contributed by atoms with van der Waals surface area (Å²) in [6.07, 6.45) is 4.92. The van der Waals surface area contributed by atoms with Crippen molar-refractivity contribution in [2.45, 2.75) is 155 Å². The minimum Gasteiger partial charge on any atom is -0.334 e. The van der Waals surface area contributed by atoms with E-state index in [1.165, 1.54) is 115 Å². The molecule has 3 heterocycles. The summed E-state index contributed by atoms with van der Waals surface area (Å²) in [5, 5.41) is 0.